The van der Waals surface area contributed by atoms with Crippen molar-refractivity contribution in [2.24, 2.45) is 5.92 Å². The molecule has 0 radical (unpaired) electrons. The first kappa shape index (κ1) is 10.2. The maximum Gasteiger partial charge on any atom is 0.235 e. The monoisotopic (exact) mass is 203 g/mol. The number of anilines is 1. The molecule has 0 saturated heterocycles. The highest BCUT2D eigenvalue weighted by Crippen LogP contribution is 2.42. The summed E-state index contributed by atoms with van der Waals surface area (Å²) in [5.41, 5.74) is 2.95. The van der Waals surface area contributed by atoms with Gasteiger partial charge in [0.1, 0.15) is 0 Å². The molecule has 1 amide bonds. The fourth-order valence-electron chi connectivity index (χ4n) is 2.14. The molecule has 0 aliphatic carbocycles. The summed E-state index contributed by atoms with van der Waals surface area (Å²) in [6.07, 6.45) is 0. The van der Waals surface area contributed by atoms with Crippen LogP contribution >= 0.6 is 0 Å². The Morgan fingerprint density at radius 3 is 2.60 bits per heavy atom. The SMILES string of the molecule is Cc1ccc2c(c1)C(C)(C(C)C)C(=O)N2. The maximum atomic E-state index is 12.0. The summed E-state index contributed by atoms with van der Waals surface area (Å²) in [4.78, 5) is 12.0. The third-order valence-corrected chi connectivity index (χ3v) is 3.61. The quantitative estimate of drug-likeness (QED) is 0.747. The number of hydrogen-bond acceptors (Lipinski definition) is 1. The highest BCUT2D eigenvalue weighted by Gasteiger charge is 2.44. The van der Waals surface area contributed by atoms with E-state index in [1.165, 1.54) is 5.56 Å². The number of nitrogens with one attached hydrogen (secondary N) is 1. The predicted molar refractivity (Wildman–Crippen MR) is 62.0 cm³/mol. The van der Waals surface area contributed by atoms with Crippen LogP contribution in [0.2, 0.25) is 0 Å². The first-order chi connectivity index (χ1) is 6.96. The van der Waals surface area contributed by atoms with Gasteiger partial charge in [-0.25, -0.2) is 0 Å². The number of fused-ring (bicyclic) bond motifs is 1. The number of carbonyl (C=O) groups excluding carboxylic acids is 1. The lowest BCUT2D eigenvalue weighted by atomic mass is 9.74. The summed E-state index contributed by atoms with van der Waals surface area (Å²) in [5, 5.41) is 2.96. The molecule has 1 N–H and O–H groups in total. The molecule has 1 aromatic carbocycles. The van der Waals surface area contributed by atoms with Gasteiger partial charge in [0.05, 0.1) is 5.41 Å². The number of benzene rings is 1. The molecule has 1 aliphatic rings. The molecule has 2 heteroatoms. The molecule has 1 heterocycles. The van der Waals surface area contributed by atoms with Crippen molar-refractivity contribution in [1.29, 1.82) is 0 Å². The average molecular weight is 203 g/mol. The van der Waals surface area contributed by atoms with Crippen LogP contribution < -0.4 is 5.32 Å². The summed E-state index contributed by atoms with van der Waals surface area (Å²) in [7, 11) is 0. The second-order valence-electron chi connectivity index (χ2n) is 4.86. The summed E-state index contributed by atoms with van der Waals surface area (Å²) in [6, 6.07) is 6.15. The third-order valence-electron chi connectivity index (χ3n) is 3.61. The van der Waals surface area contributed by atoms with Gasteiger partial charge < -0.3 is 5.32 Å². The van der Waals surface area contributed by atoms with E-state index in [1.54, 1.807) is 0 Å². The smallest absolute Gasteiger partial charge is 0.235 e. The van der Waals surface area contributed by atoms with Gasteiger partial charge in [0.15, 0.2) is 0 Å². The largest absolute Gasteiger partial charge is 0.325 e. The molecule has 0 saturated carbocycles. The minimum absolute atomic E-state index is 0.123. The Hall–Kier alpha value is -1.31. The minimum atomic E-state index is -0.374. The second-order valence-corrected chi connectivity index (χ2v) is 4.86. The normalized spacial score (nSPS) is 24.2. The van der Waals surface area contributed by atoms with E-state index in [9.17, 15) is 4.79 Å². The van der Waals surface area contributed by atoms with Crippen molar-refractivity contribution in [1.82, 2.24) is 0 Å². The van der Waals surface area contributed by atoms with Gasteiger partial charge >= 0.3 is 0 Å². The van der Waals surface area contributed by atoms with Crippen LogP contribution in [0.4, 0.5) is 5.69 Å². The van der Waals surface area contributed by atoms with Crippen molar-refractivity contribution < 1.29 is 4.79 Å². The fraction of sp³-hybridized carbons (Fsp3) is 0.462. The number of amides is 1. The standard InChI is InChI=1S/C13H17NO/c1-8(2)13(4)10-7-9(3)5-6-11(10)14-12(13)15/h5-8H,1-4H3,(H,14,15). The first-order valence-electron chi connectivity index (χ1n) is 5.39. The first-order valence-corrected chi connectivity index (χ1v) is 5.39. The molecule has 0 spiro atoms. The van der Waals surface area contributed by atoms with Crippen LogP contribution in [0.3, 0.4) is 0 Å². The van der Waals surface area contributed by atoms with Crippen molar-refractivity contribution in [3.63, 3.8) is 0 Å². The van der Waals surface area contributed by atoms with E-state index in [0.29, 0.717) is 5.92 Å². The van der Waals surface area contributed by atoms with Gasteiger partial charge in [0.2, 0.25) is 5.91 Å². The zero-order chi connectivity index (χ0) is 11.2. The Morgan fingerprint density at radius 1 is 1.33 bits per heavy atom. The second kappa shape index (κ2) is 3.09. The van der Waals surface area contributed by atoms with Gasteiger partial charge in [0, 0.05) is 5.69 Å². The fourth-order valence-corrected chi connectivity index (χ4v) is 2.14. The molecular formula is C13H17NO. The van der Waals surface area contributed by atoms with Crippen molar-refractivity contribution in [2.75, 3.05) is 5.32 Å². The molecule has 80 valence electrons. The number of carbonyl (C=O) groups is 1. The van der Waals surface area contributed by atoms with Crippen LogP contribution in [0.1, 0.15) is 31.9 Å². The molecular weight excluding hydrogens is 186 g/mol. The van der Waals surface area contributed by atoms with Crippen LogP contribution in [0, 0.1) is 12.8 Å². The van der Waals surface area contributed by atoms with Crippen LogP contribution in [0.25, 0.3) is 0 Å². The Balaban J connectivity index is 2.63. The highest BCUT2D eigenvalue weighted by atomic mass is 16.2. The number of rotatable bonds is 1. The van der Waals surface area contributed by atoms with E-state index < -0.39 is 0 Å². The Morgan fingerprint density at radius 2 is 2.00 bits per heavy atom. The lowest BCUT2D eigenvalue weighted by Crippen LogP contribution is -2.36. The van der Waals surface area contributed by atoms with Crippen molar-refractivity contribution in [2.45, 2.75) is 33.1 Å². The predicted octanol–water partition coefficient (Wildman–Crippen LogP) is 2.86. The topological polar surface area (TPSA) is 29.1 Å². The summed E-state index contributed by atoms with van der Waals surface area (Å²) >= 11 is 0. The molecule has 0 bridgehead atoms. The summed E-state index contributed by atoms with van der Waals surface area (Å²) < 4.78 is 0. The summed E-state index contributed by atoms with van der Waals surface area (Å²) in [5.74, 6) is 0.429. The van der Waals surface area contributed by atoms with E-state index >= 15 is 0 Å². The van der Waals surface area contributed by atoms with Crippen LogP contribution in [-0.2, 0) is 10.2 Å². The Bertz CT molecular complexity index is 423. The average Bonchev–Trinajstić information content (AvgIpc) is 2.42. The van der Waals surface area contributed by atoms with E-state index in [4.69, 9.17) is 0 Å². The molecule has 1 aromatic rings. The molecule has 1 unspecified atom stereocenters. The maximum absolute atomic E-state index is 12.0. The lowest BCUT2D eigenvalue weighted by Gasteiger charge is -2.26. The van der Waals surface area contributed by atoms with Gasteiger partial charge in [-0.3, -0.25) is 4.79 Å². The van der Waals surface area contributed by atoms with Crippen LogP contribution in [0.15, 0.2) is 18.2 Å². The van der Waals surface area contributed by atoms with Gasteiger partial charge in [0.25, 0.3) is 0 Å². The van der Waals surface area contributed by atoms with Gasteiger partial charge in [-0.2, -0.15) is 0 Å². The highest BCUT2D eigenvalue weighted by molar-refractivity contribution is 6.06. The van der Waals surface area contributed by atoms with Crippen LogP contribution in [0.5, 0.6) is 0 Å². The van der Waals surface area contributed by atoms with E-state index in [1.807, 2.05) is 19.1 Å². The third kappa shape index (κ3) is 1.28. The zero-order valence-corrected chi connectivity index (χ0v) is 9.72. The molecule has 15 heavy (non-hydrogen) atoms. The molecule has 0 aromatic heterocycles. The zero-order valence-electron chi connectivity index (χ0n) is 9.72. The molecule has 2 rings (SSSR count). The molecule has 1 atom stereocenters. The Kier molecular flexibility index (Phi) is 2.10. The van der Waals surface area contributed by atoms with Crippen molar-refractivity contribution in [3.05, 3.63) is 29.3 Å². The summed E-state index contributed by atoms with van der Waals surface area (Å²) in [6.45, 7) is 8.27. The van der Waals surface area contributed by atoms with Crippen molar-refractivity contribution >= 4 is 11.6 Å². The van der Waals surface area contributed by atoms with Gasteiger partial charge in [-0.05, 0) is 31.4 Å². The Labute approximate surface area is 90.7 Å². The minimum Gasteiger partial charge on any atom is -0.325 e. The van der Waals surface area contributed by atoms with Crippen LogP contribution in [-0.4, -0.2) is 5.91 Å². The van der Waals surface area contributed by atoms with Crippen molar-refractivity contribution in [3.8, 4) is 0 Å². The molecule has 0 fully saturated rings. The number of aryl methyl sites for hydroxylation is 1. The van der Waals surface area contributed by atoms with E-state index in [0.717, 1.165) is 11.3 Å². The molecule has 1 aliphatic heterocycles. The van der Waals surface area contributed by atoms with Gasteiger partial charge in [-0.1, -0.05) is 31.5 Å². The van der Waals surface area contributed by atoms with E-state index in [2.05, 4.69) is 32.2 Å². The lowest BCUT2D eigenvalue weighted by molar-refractivity contribution is -0.121. The number of hydrogen-bond donors (Lipinski definition) is 1. The molecule has 2 nitrogen and oxygen atoms in total. The van der Waals surface area contributed by atoms with Gasteiger partial charge in [-0.15, -0.1) is 0 Å². The van der Waals surface area contributed by atoms with E-state index in [-0.39, 0.29) is 11.3 Å².